The van der Waals surface area contributed by atoms with Gasteiger partial charge in [-0.2, -0.15) is 13.2 Å². The van der Waals surface area contributed by atoms with E-state index in [1.165, 1.54) is 0 Å². The lowest BCUT2D eigenvalue weighted by molar-refractivity contribution is -0.141. The standard InChI is InChI=1S/C11H6F3N2/c12-11(13,14)10-6-9(15-7-16-10)8-4-2-1-3-5-8/h1-5,7H. The summed E-state index contributed by atoms with van der Waals surface area (Å²) < 4.78 is 37.1. The van der Waals surface area contributed by atoms with Gasteiger partial charge in [0.25, 0.3) is 0 Å². The van der Waals surface area contributed by atoms with Crippen LogP contribution in [0.15, 0.2) is 36.7 Å². The molecule has 2 nitrogen and oxygen atoms in total. The van der Waals surface area contributed by atoms with Crippen LogP contribution >= 0.6 is 0 Å². The molecule has 0 saturated carbocycles. The van der Waals surface area contributed by atoms with Crippen molar-refractivity contribution in [2.75, 3.05) is 0 Å². The summed E-state index contributed by atoms with van der Waals surface area (Å²) in [6, 6.07) is 10.7. The average molecular weight is 223 g/mol. The topological polar surface area (TPSA) is 25.8 Å². The summed E-state index contributed by atoms with van der Waals surface area (Å²) in [5.41, 5.74) is -0.334. The molecule has 81 valence electrons. The zero-order valence-corrected chi connectivity index (χ0v) is 7.99. The van der Waals surface area contributed by atoms with Gasteiger partial charge in [0.1, 0.15) is 6.33 Å². The van der Waals surface area contributed by atoms with E-state index in [2.05, 4.69) is 16.0 Å². The van der Waals surface area contributed by atoms with Crippen LogP contribution in [-0.4, -0.2) is 9.97 Å². The van der Waals surface area contributed by atoms with Gasteiger partial charge in [-0.1, -0.05) is 30.3 Å². The second kappa shape index (κ2) is 3.92. The van der Waals surface area contributed by atoms with E-state index in [0.717, 1.165) is 6.33 Å². The van der Waals surface area contributed by atoms with E-state index in [4.69, 9.17) is 0 Å². The number of rotatable bonds is 1. The molecule has 1 radical (unpaired) electrons. The fraction of sp³-hybridized carbons (Fsp3) is 0.0909. The van der Waals surface area contributed by atoms with Gasteiger partial charge in [0.05, 0.1) is 5.69 Å². The first-order valence-electron chi connectivity index (χ1n) is 4.44. The van der Waals surface area contributed by atoms with Crippen LogP contribution in [0.25, 0.3) is 11.3 Å². The van der Waals surface area contributed by atoms with Gasteiger partial charge < -0.3 is 0 Å². The van der Waals surface area contributed by atoms with Crippen molar-refractivity contribution in [1.82, 2.24) is 9.97 Å². The third kappa shape index (κ3) is 2.18. The summed E-state index contributed by atoms with van der Waals surface area (Å²) in [7, 11) is 0. The monoisotopic (exact) mass is 223 g/mol. The molecule has 5 heteroatoms. The van der Waals surface area contributed by atoms with Gasteiger partial charge in [0.15, 0.2) is 5.69 Å². The van der Waals surface area contributed by atoms with E-state index in [0.29, 0.717) is 5.56 Å². The fourth-order valence-electron chi connectivity index (χ4n) is 1.21. The van der Waals surface area contributed by atoms with E-state index in [1.54, 1.807) is 30.3 Å². The lowest BCUT2D eigenvalue weighted by Crippen LogP contribution is -2.08. The fourth-order valence-corrected chi connectivity index (χ4v) is 1.21. The van der Waals surface area contributed by atoms with Gasteiger partial charge >= 0.3 is 6.18 Å². The quantitative estimate of drug-likeness (QED) is 0.742. The van der Waals surface area contributed by atoms with Crippen molar-refractivity contribution < 1.29 is 13.2 Å². The predicted molar refractivity (Wildman–Crippen MR) is 51.3 cm³/mol. The number of aromatic nitrogens is 2. The summed E-state index contributed by atoms with van der Waals surface area (Å²) >= 11 is 0. The van der Waals surface area contributed by atoms with E-state index in [1.807, 2.05) is 0 Å². The van der Waals surface area contributed by atoms with Gasteiger partial charge in [0, 0.05) is 11.6 Å². The molecule has 1 aromatic heterocycles. The van der Waals surface area contributed by atoms with E-state index in [9.17, 15) is 13.2 Å². The van der Waals surface area contributed by atoms with Crippen LogP contribution in [0, 0.1) is 6.07 Å². The van der Waals surface area contributed by atoms with Crippen LogP contribution in [0.4, 0.5) is 13.2 Å². The van der Waals surface area contributed by atoms with Crippen molar-refractivity contribution in [3.8, 4) is 11.3 Å². The van der Waals surface area contributed by atoms with Crippen LogP contribution in [0.2, 0.25) is 0 Å². The summed E-state index contributed by atoms with van der Waals surface area (Å²) in [5.74, 6) is 0. The summed E-state index contributed by atoms with van der Waals surface area (Å²) in [4.78, 5) is 6.90. The molecular formula is C11H6F3N2. The molecule has 0 aliphatic carbocycles. The summed E-state index contributed by atoms with van der Waals surface area (Å²) in [5, 5.41) is 0. The Morgan fingerprint density at radius 2 is 1.69 bits per heavy atom. The number of hydrogen-bond acceptors (Lipinski definition) is 2. The molecule has 0 fully saturated rings. The molecule has 0 aliphatic rings. The Labute approximate surface area is 89.8 Å². The first-order valence-corrected chi connectivity index (χ1v) is 4.44. The first kappa shape index (κ1) is 10.6. The number of halogens is 3. The number of nitrogens with zero attached hydrogens (tertiary/aromatic N) is 2. The smallest absolute Gasteiger partial charge is 0.236 e. The van der Waals surface area contributed by atoms with Gasteiger partial charge in [0.2, 0.25) is 0 Å². The highest BCUT2D eigenvalue weighted by Gasteiger charge is 2.33. The molecule has 1 aromatic carbocycles. The van der Waals surface area contributed by atoms with Gasteiger partial charge in [-0.25, -0.2) is 9.97 Å². The molecule has 0 spiro atoms. The molecule has 1 heterocycles. The molecular weight excluding hydrogens is 217 g/mol. The van der Waals surface area contributed by atoms with Crippen LogP contribution in [0.1, 0.15) is 5.69 Å². The Kier molecular flexibility index (Phi) is 2.60. The van der Waals surface area contributed by atoms with E-state index < -0.39 is 11.9 Å². The normalized spacial score (nSPS) is 11.4. The minimum atomic E-state index is -4.49. The maximum Gasteiger partial charge on any atom is 0.434 e. The second-order valence-electron chi connectivity index (χ2n) is 3.06. The molecule has 0 atom stereocenters. The summed E-state index contributed by atoms with van der Waals surface area (Å²) in [6.45, 7) is 0. The Morgan fingerprint density at radius 3 is 2.31 bits per heavy atom. The Balaban J connectivity index is 2.45. The maximum atomic E-state index is 12.4. The van der Waals surface area contributed by atoms with Gasteiger partial charge in [-0.3, -0.25) is 0 Å². The van der Waals surface area contributed by atoms with E-state index >= 15 is 0 Å². The Bertz CT molecular complexity index is 480. The van der Waals surface area contributed by atoms with Crippen molar-refractivity contribution in [3.63, 3.8) is 0 Å². The SMILES string of the molecule is FC(F)(F)c1[c]c(-c2ccccc2)ncn1. The van der Waals surface area contributed by atoms with Gasteiger partial charge in [-0.15, -0.1) is 0 Å². The lowest BCUT2D eigenvalue weighted by Gasteiger charge is -2.06. The Morgan fingerprint density at radius 1 is 1.00 bits per heavy atom. The van der Waals surface area contributed by atoms with Crippen LogP contribution in [0.5, 0.6) is 0 Å². The number of alkyl halides is 3. The third-order valence-corrected chi connectivity index (χ3v) is 1.93. The molecule has 2 rings (SSSR count). The van der Waals surface area contributed by atoms with Crippen molar-refractivity contribution in [1.29, 1.82) is 0 Å². The van der Waals surface area contributed by atoms with Crippen molar-refractivity contribution in [3.05, 3.63) is 48.4 Å². The summed E-state index contributed by atoms with van der Waals surface area (Å²) in [6.07, 6.45) is -3.60. The molecule has 0 saturated heterocycles. The van der Waals surface area contributed by atoms with Gasteiger partial charge in [-0.05, 0) is 0 Å². The molecule has 0 N–H and O–H groups in total. The van der Waals surface area contributed by atoms with Crippen molar-refractivity contribution in [2.24, 2.45) is 0 Å². The zero-order chi connectivity index (χ0) is 11.6. The highest BCUT2D eigenvalue weighted by molar-refractivity contribution is 5.58. The molecule has 0 aliphatic heterocycles. The second-order valence-corrected chi connectivity index (χ2v) is 3.06. The largest absolute Gasteiger partial charge is 0.434 e. The molecule has 16 heavy (non-hydrogen) atoms. The maximum absolute atomic E-state index is 12.4. The number of benzene rings is 1. The van der Waals surface area contributed by atoms with E-state index in [-0.39, 0.29) is 5.69 Å². The Hall–Kier alpha value is -1.91. The number of hydrogen-bond donors (Lipinski definition) is 0. The average Bonchev–Trinajstić information content (AvgIpc) is 2.29. The predicted octanol–water partition coefficient (Wildman–Crippen LogP) is 2.96. The van der Waals surface area contributed by atoms with Crippen molar-refractivity contribution >= 4 is 0 Å². The van der Waals surface area contributed by atoms with Crippen molar-refractivity contribution in [2.45, 2.75) is 6.18 Å². The highest BCUT2D eigenvalue weighted by atomic mass is 19.4. The van der Waals surface area contributed by atoms with Crippen LogP contribution in [-0.2, 0) is 6.18 Å². The first-order chi connectivity index (χ1) is 7.57. The molecule has 0 amide bonds. The third-order valence-electron chi connectivity index (χ3n) is 1.93. The van der Waals surface area contributed by atoms with Crippen LogP contribution in [0.3, 0.4) is 0 Å². The molecule has 0 unspecified atom stereocenters. The minimum Gasteiger partial charge on any atom is -0.236 e. The lowest BCUT2D eigenvalue weighted by atomic mass is 10.1. The zero-order valence-electron chi connectivity index (χ0n) is 7.99. The molecule has 0 bridgehead atoms. The highest BCUT2D eigenvalue weighted by Crippen LogP contribution is 2.28. The minimum absolute atomic E-state index is 0.142. The molecule has 2 aromatic rings. The van der Waals surface area contributed by atoms with Crippen LogP contribution < -0.4 is 0 Å².